The maximum Gasteiger partial charge on any atom is 0.253 e. The molecule has 0 aromatic heterocycles. The van der Waals surface area contributed by atoms with Gasteiger partial charge in [0, 0.05) is 13.2 Å². The highest BCUT2D eigenvalue weighted by Crippen LogP contribution is 2.35. The fourth-order valence-corrected chi connectivity index (χ4v) is 4.16. The summed E-state index contributed by atoms with van der Waals surface area (Å²) in [7, 11) is 0. The number of ether oxygens (including phenoxy) is 1. The van der Waals surface area contributed by atoms with E-state index in [4.69, 9.17) is 4.74 Å². The monoisotopic (exact) mass is 342 g/mol. The highest BCUT2D eigenvalue weighted by atomic mass is 16.5. The number of piperidine rings is 1. The number of fused-ring (bicyclic) bond motifs is 1. The first-order valence-corrected chi connectivity index (χ1v) is 8.94. The summed E-state index contributed by atoms with van der Waals surface area (Å²) in [6.07, 6.45) is 2.13. The Morgan fingerprint density at radius 3 is 2.64 bits per heavy atom. The Kier molecular flexibility index (Phi) is 4.29. The molecule has 6 nitrogen and oxygen atoms in total. The van der Waals surface area contributed by atoms with Crippen molar-refractivity contribution in [1.29, 1.82) is 0 Å². The molecule has 0 saturated carbocycles. The van der Waals surface area contributed by atoms with Gasteiger partial charge in [-0.3, -0.25) is 19.3 Å². The summed E-state index contributed by atoms with van der Waals surface area (Å²) in [6.45, 7) is 1.84. The Bertz CT molecular complexity index is 684. The van der Waals surface area contributed by atoms with Crippen LogP contribution >= 0.6 is 0 Å². The van der Waals surface area contributed by atoms with Crippen LogP contribution in [0.25, 0.3) is 0 Å². The van der Waals surface area contributed by atoms with Gasteiger partial charge in [0.15, 0.2) is 0 Å². The lowest BCUT2D eigenvalue weighted by atomic mass is 9.90. The van der Waals surface area contributed by atoms with Crippen molar-refractivity contribution in [2.24, 2.45) is 11.8 Å². The second kappa shape index (κ2) is 6.59. The minimum Gasteiger partial charge on any atom is -0.381 e. The SMILES string of the molecule is O=C1[C@@H]2[C@@H](CCCN2C(=O)[C@H]2CCOC2)C(=O)N1Cc1ccccc1. The van der Waals surface area contributed by atoms with E-state index in [0.717, 1.165) is 12.0 Å². The number of carbonyl (C=O) groups is 3. The first-order valence-electron chi connectivity index (χ1n) is 8.94. The van der Waals surface area contributed by atoms with E-state index in [1.54, 1.807) is 4.90 Å². The van der Waals surface area contributed by atoms with Gasteiger partial charge in [-0.2, -0.15) is 0 Å². The van der Waals surface area contributed by atoms with E-state index in [1.165, 1.54) is 4.90 Å². The van der Waals surface area contributed by atoms with E-state index in [0.29, 0.717) is 32.6 Å². The van der Waals surface area contributed by atoms with Crippen molar-refractivity contribution in [3.63, 3.8) is 0 Å². The zero-order valence-electron chi connectivity index (χ0n) is 14.1. The zero-order valence-corrected chi connectivity index (χ0v) is 14.1. The van der Waals surface area contributed by atoms with Crippen LogP contribution in [0.2, 0.25) is 0 Å². The van der Waals surface area contributed by atoms with E-state index >= 15 is 0 Å². The second-order valence-corrected chi connectivity index (χ2v) is 7.03. The van der Waals surface area contributed by atoms with Gasteiger partial charge >= 0.3 is 0 Å². The van der Waals surface area contributed by atoms with Crippen LogP contribution in [-0.2, 0) is 25.7 Å². The minimum absolute atomic E-state index is 0.0325. The minimum atomic E-state index is -0.627. The Balaban J connectivity index is 1.56. The summed E-state index contributed by atoms with van der Waals surface area (Å²) < 4.78 is 5.32. The normalized spacial score (nSPS) is 29.2. The van der Waals surface area contributed by atoms with Crippen molar-refractivity contribution >= 4 is 17.7 Å². The van der Waals surface area contributed by atoms with Crippen molar-refractivity contribution in [3.8, 4) is 0 Å². The standard InChI is InChI=1S/C19H22N2O4/c22-17(14-8-10-25-12-14)20-9-4-7-15-16(20)19(24)21(18(15)23)11-13-5-2-1-3-6-13/h1-3,5-6,14-16H,4,7-12H2/t14-,15+,16-/m0/s1. The number of rotatable bonds is 3. The molecule has 6 heteroatoms. The van der Waals surface area contributed by atoms with Crippen molar-refractivity contribution in [2.45, 2.75) is 31.8 Å². The molecule has 132 valence electrons. The number of hydrogen-bond acceptors (Lipinski definition) is 4. The average Bonchev–Trinajstić information content (AvgIpc) is 3.26. The molecule has 3 aliphatic heterocycles. The molecule has 0 N–H and O–H groups in total. The third-order valence-electron chi connectivity index (χ3n) is 5.48. The van der Waals surface area contributed by atoms with Crippen LogP contribution in [0, 0.1) is 11.8 Å². The Morgan fingerprint density at radius 2 is 1.92 bits per heavy atom. The summed E-state index contributed by atoms with van der Waals surface area (Å²) in [4.78, 5) is 41.6. The number of carbonyl (C=O) groups excluding carboxylic acids is 3. The maximum absolute atomic E-state index is 13.0. The molecule has 1 aromatic carbocycles. The van der Waals surface area contributed by atoms with Gasteiger partial charge in [-0.1, -0.05) is 30.3 Å². The van der Waals surface area contributed by atoms with E-state index in [1.807, 2.05) is 30.3 Å². The molecule has 0 unspecified atom stereocenters. The van der Waals surface area contributed by atoms with Gasteiger partial charge < -0.3 is 9.64 Å². The van der Waals surface area contributed by atoms with Gasteiger partial charge in [0.05, 0.1) is 25.0 Å². The van der Waals surface area contributed by atoms with E-state index in [2.05, 4.69) is 0 Å². The number of nitrogens with zero attached hydrogens (tertiary/aromatic N) is 2. The van der Waals surface area contributed by atoms with Gasteiger partial charge in [-0.15, -0.1) is 0 Å². The molecule has 25 heavy (non-hydrogen) atoms. The fourth-order valence-electron chi connectivity index (χ4n) is 4.16. The summed E-state index contributed by atoms with van der Waals surface area (Å²) in [5.41, 5.74) is 0.921. The quantitative estimate of drug-likeness (QED) is 0.774. The Labute approximate surface area is 146 Å². The number of imide groups is 1. The molecule has 3 amide bonds. The van der Waals surface area contributed by atoms with Gasteiger partial charge in [0.2, 0.25) is 11.8 Å². The number of amides is 3. The van der Waals surface area contributed by atoms with Crippen LogP contribution in [0.4, 0.5) is 0 Å². The summed E-state index contributed by atoms with van der Waals surface area (Å²) in [5, 5.41) is 0. The highest BCUT2D eigenvalue weighted by molar-refractivity contribution is 6.08. The summed E-state index contributed by atoms with van der Waals surface area (Å²) in [6, 6.07) is 8.87. The molecule has 0 radical (unpaired) electrons. The van der Waals surface area contributed by atoms with Crippen LogP contribution < -0.4 is 0 Å². The molecule has 0 aliphatic carbocycles. The van der Waals surface area contributed by atoms with Crippen LogP contribution in [0.3, 0.4) is 0 Å². The van der Waals surface area contributed by atoms with Crippen molar-refractivity contribution in [1.82, 2.24) is 9.80 Å². The highest BCUT2D eigenvalue weighted by Gasteiger charge is 2.53. The zero-order chi connectivity index (χ0) is 17.4. The van der Waals surface area contributed by atoms with Crippen LogP contribution in [0.5, 0.6) is 0 Å². The molecular formula is C19H22N2O4. The lowest BCUT2D eigenvalue weighted by molar-refractivity contribution is -0.147. The predicted molar refractivity (Wildman–Crippen MR) is 89.2 cm³/mol. The maximum atomic E-state index is 13.0. The number of benzene rings is 1. The molecule has 3 heterocycles. The molecule has 3 atom stereocenters. The fraction of sp³-hybridized carbons (Fsp3) is 0.526. The lowest BCUT2D eigenvalue weighted by Crippen LogP contribution is -2.52. The van der Waals surface area contributed by atoms with Gasteiger partial charge in [0.25, 0.3) is 5.91 Å². The van der Waals surface area contributed by atoms with Gasteiger partial charge in [0.1, 0.15) is 6.04 Å². The third kappa shape index (κ3) is 2.84. The van der Waals surface area contributed by atoms with E-state index in [-0.39, 0.29) is 30.2 Å². The second-order valence-electron chi connectivity index (χ2n) is 7.03. The number of likely N-dealkylation sites (tertiary alicyclic amines) is 2. The molecule has 3 aliphatic rings. The van der Waals surface area contributed by atoms with E-state index < -0.39 is 12.0 Å². The average molecular weight is 342 g/mol. The molecule has 0 bridgehead atoms. The van der Waals surface area contributed by atoms with Crippen molar-refractivity contribution in [2.75, 3.05) is 19.8 Å². The third-order valence-corrected chi connectivity index (χ3v) is 5.48. The molecule has 3 saturated heterocycles. The first-order chi connectivity index (χ1) is 12.2. The number of hydrogen-bond donors (Lipinski definition) is 0. The molecule has 0 spiro atoms. The smallest absolute Gasteiger partial charge is 0.253 e. The van der Waals surface area contributed by atoms with Crippen molar-refractivity contribution in [3.05, 3.63) is 35.9 Å². The van der Waals surface area contributed by atoms with Gasteiger partial charge in [-0.05, 0) is 24.8 Å². The Hall–Kier alpha value is -2.21. The van der Waals surface area contributed by atoms with Crippen LogP contribution in [-0.4, -0.2) is 53.3 Å². The predicted octanol–water partition coefficient (Wildman–Crippen LogP) is 1.20. The van der Waals surface area contributed by atoms with E-state index in [9.17, 15) is 14.4 Å². The largest absolute Gasteiger partial charge is 0.381 e. The summed E-state index contributed by atoms with van der Waals surface area (Å²) in [5.74, 6) is -0.971. The lowest BCUT2D eigenvalue weighted by Gasteiger charge is -2.36. The van der Waals surface area contributed by atoms with Crippen LogP contribution in [0.15, 0.2) is 30.3 Å². The molecular weight excluding hydrogens is 320 g/mol. The molecule has 1 aromatic rings. The topological polar surface area (TPSA) is 66.9 Å². The summed E-state index contributed by atoms with van der Waals surface area (Å²) >= 11 is 0. The molecule has 3 fully saturated rings. The molecule has 4 rings (SSSR count). The Morgan fingerprint density at radius 1 is 1.12 bits per heavy atom. The van der Waals surface area contributed by atoms with Gasteiger partial charge in [-0.25, -0.2) is 0 Å². The van der Waals surface area contributed by atoms with Crippen molar-refractivity contribution < 1.29 is 19.1 Å². The van der Waals surface area contributed by atoms with Crippen LogP contribution in [0.1, 0.15) is 24.8 Å². The first kappa shape index (κ1) is 16.3.